The second-order valence-electron chi connectivity index (χ2n) is 6.99. The Balaban J connectivity index is 1.31. The molecule has 6 nitrogen and oxygen atoms in total. The number of nitrogens with zero attached hydrogens (tertiary/aromatic N) is 4. The van der Waals surface area contributed by atoms with Crippen LogP contribution in [0.3, 0.4) is 0 Å². The predicted molar refractivity (Wildman–Crippen MR) is 98.9 cm³/mol. The van der Waals surface area contributed by atoms with Gasteiger partial charge in [-0.1, -0.05) is 12.8 Å². The Labute approximate surface area is 151 Å². The van der Waals surface area contributed by atoms with Crippen molar-refractivity contribution in [2.45, 2.75) is 44.7 Å². The maximum absolute atomic E-state index is 12.5. The second-order valence-corrected chi connectivity index (χ2v) is 7.88. The molecule has 3 heterocycles. The second kappa shape index (κ2) is 7.25. The van der Waals surface area contributed by atoms with Gasteiger partial charge in [0.25, 0.3) is 5.56 Å². The topological polar surface area (TPSA) is 58.4 Å². The lowest BCUT2D eigenvalue weighted by molar-refractivity contribution is -0.133. The number of carbonyl (C=O) groups excluding carboxylic acids is 1. The van der Waals surface area contributed by atoms with Crippen molar-refractivity contribution in [3.63, 3.8) is 0 Å². The van der Waals surface area contributed by atoms with E-state index in [4.69, 9.17) is 0 Å². The molecule has 7 heteroatoms. The molecule has 0 unspecified atom stereocenters. The van der Waals surface area contributed by atoms with E-state index in [1.165, 1.54) is 37.0 Å². The van der Waals surface area contributed by atoms with Crippen LogP contribution in [-0.2, 0) is 11.3 Å². The first-order chi connectivity index (χ1) is 12.2. The minimum absolute atomic E-state index is 0.0508. The first-order valence-electron chi connectivity index (χ1n) is 9.17. The fourth-order valence-corrected chi connectivity index (χ4v) is 4.76. The van der Waals surface area contributed by atoms with Crippen LogP contribution in [0.2, 0.25) is 0 Å². The molecule has 0 N–H and O–H groups in total. The molecule has 1 aliphatic carbocycles. The first kappa shape index (κ1) is 16.7. The van der Waals surface area contributed by atoms with Gasteiger partial charge in [-0.15, -0.1) is 11.3 Å². The van der Waals surface area contributed by atoms with Crippen molar-refractivity contribution in [1.29, 1.82) is 0 Å². The van der Waals surface area contributed by atoms with Crippen molar-refractivity contribution < 1.29 is 4.79 Å². The fraction of sp³-hybridized carbons (Fsp3) is 0.611. The minimum Gasteiger partial charge on any atom is -0.340 e. The van der Waals surface area contributed by atoms with Gasteiger partial charge in [0.15, 0.2) is 0 Å². The molecule has 1 amide bonds. The molecule has 0 spiro atoms. The van der Waals surface area contributed by atoms with Crippen LogP contribution in [0.4, 0.5) is 0 Å². The molecule has 2 aliphatic rings. The van der Waals surface area contributed by atoms with Gasteiger partial charge in [0.05, 0.1) is 11.7 Å². The predicted octanol–water partition coefficient (Wildman–Crippen LogP) is 1.93. The summed E-state index contributed by atoms with van der Waals surface area (Å²) in [6.45, 7) is 3.99. The molecule has 2 aromatic heterocycles. The van der Waals surface area contributed by atoms with Crippen molar-refractivity contribution in [3.05, 3.63) is 28.1 Å². The third-order valence-electron chi connectivity index (χ3n) is 5.53. The Hall–Kier alpha value is -1.73. The molecule has 0 radical (unpaired) electrons. The Kier molecular flexibility index (Phi) is 4.85. The smallest absolute Gasteiger partial charge is 0.262 e. The molecule has 25 heavy (non-hydrogen) atoms. The van der Waals surface area contributed by atoms with E-state index in [1.807, 2.05) is 10.3 Å². The third-order valence-corrected chi connectivity index (χ3v) is 6.35. The number of aromatic nitrogens is 2. The lowest BCUT2D eigenvalue weighted by Gasteiger charge is -2.38. The lowest BCUT2D eigenvalue weighted by atomic mass is 10.1. The van der Waals surface area contributed by atoms with Gasteiger partial charge < -0.3 is 4.90 Å². The van der Waals surface area contributed by atoms with Crippen LogP contribution in [0, 0.1) is 0 Å². The molecule has 2 aromatic rings. The molecule has 0 aromatic carbocycles. The molecular weight excluding hydrogens is 336 g/mol. The average Bonchev–Trinajstić information content (AvgIpc) is 3.33. The highest BCUT2D eigenvalue weighted by molar-refractivity contribution is 7.16. The normalized spacial score (nSPS) is 19.8. The number of thiophene rings is 1. The molecule has 0 atom stereocenters. The first-order valence-corrected chi connectivity index (χ1v) is 10.0. The number of amides is 1. The molecular formula is C18H24N4O2S. The lowest BCUT2D eigenvalue weighted by Crippen LogP contribution is -2.51. The maximum Gasteiger partial charge on any atom is 0.262 e. The highest BCUT2D eigenvalue weighted by Gasteiger charge is 2.27. The van der Waals surface area contributed by atoms with Gasteiger partial charge in [-0.05, 0) is 24.3 Å². The van der Waals surface area contributed by atoms with Crippen LogP contribution in [0.1, 0.15) is 32.1 Å². The molecule has 1 aliphatic heterocycles. The van der Waals surface area contributed by atoms with Crippen LogP contribution >= 0.6 is 11.3 Å². The summed E-state index contributed by atoms with van der Waals surface area (Å²) in [7, 11) is 0. The Bertz CT molecular complexity index is 801. The minimum atomic E-state index is -0.0508. The summed E-state index contributed by atoms with van der Waals surface area (Å²) < 4.78 is 1.56. The number of hydrogen-bond donors (Lipinski definition) is 0. The van der Waals surface area contributed by atoms with Crippen molar-refractivity contribution in [2.24, 2.45) is 0 Å². The SMILES string of the molecule is O=C(CCn1cnc2sccc2c1=O)N1CCN(C2CCCC2)CC1. The van der Waals surface area contributed by atoms with E-state index in [-0.39, 0.29) is 11.5 Å². The van der Waals surface area contributed by atoms with E-state index in [0.29, 0.717) is 18.4 Å². The molecule has 0 bridgehead atoms. The van der Waals surface area contributed by atoms with Gasteiger partial charge in [0.1, 0.15) is 4.83 Å². The third kappa shape index (κ3) is 3.48. The van der Waals surface area contributed by atoms with Crippen LogP contribution in [0.15, 0.2) is 22.6 Å². The van der Waals surface area contributed by atoms with Crippen LogP contribution in [0.25, 0.3) is 10.2 Å². The van der Waals surface area contributed by atoms with Crippen LogP contribution in [0.5, 0.6) is 0 Å². The maximum atomic E-state index is 12.5. The van der Waals surface area contributed by atoms with Gasteiger partial charge in [0.2, 0.25) is 5.91 Å². The molecule has 134 valence electrons. The largest absolute Gasteiger partial charge is 0.340 e. The van der Waals surface area contributed by atoms with Gasteiger partial charge in [-0.25, -0.2) is 4.98 Å². The Morgan fingerprint density at radius 1 is 1.20 bits per heavy atom. The molecule has 1 saturated carbocycles. The Morgan fingerprint density at radius 3 is 2.72 bits per heavy atom. The summed E-state index contributed by atoms with van der Waals surface area (Å²) in [5.74, 6) is 0.142. The van der Waals surface area contributed by atoms with Gasteiger partial charge in [-0.3, -0.25) is 19.1 Å². The standard InChI is InChI=1S/C18H24N4O2S/c23-16(21-10-8-20(9-11-21)14-3-1-2-4-14)5-7-22-13-19-17-15(18(22)24)6-12-25-17/h6,12-14H,1-5,7-11H2. The van der Waals surface area contributed by atoms with Crippen LogP contribution in [-0.4, -0.2) is 57.5 Å². The fourth-order valence-electron chi connectivity index (χ4n) is 4.03. The number of rotatable bonds is 4. The zero-order valence-electron chi connectivity index (χ0n) is 14.4. The summed E-state index contributed by atoms with van der Waals surface area (Å²) in [6.07, 6.45) is 7.25. The highest BCUT2D eigenvalue weighted by atomic mass is 32.1. The summed E-state index contributed by atoms with van der Waals surface area (Å²) in [5, 5.41) is 2.52. The summed E-state index contributed by atoms with van der Waals surface area (Å²) >= 11 is 1.46. The van der Waals surface area contributed by atoms with Gasteiger partial charge in [-0.2, -0.15) is 0 Å². The zero-order chi connectivity index (χ0) is 17.2. The van der Waals surface area contributed by atoms with E-state index < -0.39 is 0 Å². The average molecular weight is 360 g/mol. The van der Waals surface area contributed by atoms with Crippen molar-refractivity contribution in [3.8, 4) is 0 Å². The van der Waals surface area contributed by atoms with Crippen molar-refractivity contribution in [2.75, 3.05) is 26.2 Å². The van der Waals surface area contributed by atoms with E-state index >= 15 is 0 Å². The molecule has 4 rings (SSSR count). The molecule has 1 saturated heterocycles. The number of piperazine rings is 1. The number of aryl methyl sites for hydroxylation is 1. The van der Waals surface area contributed by atoms with E-state index in [2.05, 4.69) is 9.88 Å². The number of fused-ring (bicyclic) bond motifs is 1. The summed E-state index contributed by atoms with van der Waals surface area (Å²) in [5.41, 5.74) is -0.0508. The van der Waals surface area contributed by atoms with Crippen molar-refractivity contribution in [1.82, 2.24) is 19.4 Å². The van der Waals surface area contributed by atoms with E-state index in [9.17, 15) is 9.59 Å². The summed E-state index contributed by atoms with van der Waals surface area (Å²) in [6, 6.07) is 2.54. The van der Waals surface area contributed by atoms with Gasteiger partial charge >= 0.3 is 0 Å². The molecule has 2 fully saturated rings. The number of hydrogen-bond acceptors (Lipinski definition) is 5. The highest BCUT2D eigenvalue weighted by Crippen LogP contribution is 2.24. The van der Waals surface area contributed by atoms with E-state index in [1.54, 1.807) is 17.0 Å². The summed E-state index contributed by atoms with van der Waals surface area (Å²) in [4.78, 5) is 34.4. The monoisotopic (exact) mass is 360 g/mol. The van der Waals surface area contributed by atoms with Crippen molar-refractivity contribution >= 4 is 27.5 Å². The van der Waals surface area contributed by atoms with E-state index in [0.717, 1.165) is 37.1 Å². The van der Waals surface area contributed by atoms with Gasteiger partial charge in [0, 0.05) is 45.2 Å². The quantitative estimate of drug-likeness (QED) is 0.836. The number of carbonyl (C=O) groups is 1. The van der Waals surface area contributed by atoms with Crippen LogP contribution < -0.4 is 5.56 Å². The Morgan fingerprint density at radius 2 is 1.96 bits per heavy atom. The zero-order valence-corrected chi connectivity index (χ0v) is 15.2.